The minimum Gasteiger partial charge on any atom is -0.366 e. The van der Waals surface area contributed by atoms with Crippen molar-refractivity contribution in [2.75, 3.05) is 36.9 Å². The Morgan fingerprint density at radius 2 is 0.723 bits per heavy atom. The highest BCUT2D eigenvalue weighted by Gasteiger charge is 2.19. The lowest BCUT2D eigenvalue weighted by Crippen LogP contribution is -2.25. The lowest BCUT2D eigenvalue weighted by atomic mass is 10.0. The van der Waals surface area contributed by atoms with Crippen LogP contribution in [0, 0.1) is 0 Å². The summed E-state index contributed by atoms with van der Waals surface area (Å²) in [6, 6.07) is 16.8. The van der Waals surface area contributed by atoms with Crippen molar-refractivity contribution in [3.8, 4) is 0 Å². The molecule has 0 aliphatic carbocycles. The summed E-state index contributed by atoms with van der Waals surface area (Å²) in [6.45, 7) is 15.6. The van der Waals surface area contributed by atoms with Gasteiger partial charge in [-0.25, -0.2) is 19.4 Å². The third-order valence-electron chi connectivity index (χ3n) is 8.05. The highest BCUT2D eigenvalue weighted by molar-refractivity contribution is 5.48. The van der Waals surface area contributed by atoms with Crippen LogP contribution in [0.25, 0.3) is 0 Å². The number of unbranched alkanes of at least 4 members (excludes halogenated alkanes) is 12. The summed E-state index contributed by atoms with van der Waals surface area (Å²) in [6.07, 6.45) is 18.3. The maximum Gasteiger partial charge on any atom is 0.108 e. The number of rotatable bonds is 30. The molecular weight excluding hydrogens is 588 g/mol. The normalized spacial score (nSPS) is 11.6. The Kier molecular flexibility index (Phi) is 23.3. The van der Waals surface area contributed by atoms with Gasteiger partial charge in [0, 0.05) is 0 Å². The molecule has 0 unspecified atom stereocenters. The first kappa shape index (κ1) is 41.0. The average molecular weight is 657 g/mol. The summed E-state index contributed by atoms with van der Waals surface area (Å²) in [5.74, 6) is 0. The van der Waals surface area contributed by atoms with Gasteiger partial charge in [-0.1, -0.05) is 129 Å². The molecule has 47 heavy (non-hydrogen) atoms. The van der Waals surface area contributed by atoms with E-state index in [9.17, 15) is 0 Å². The van der Waals surface area contributed by atoms with Crippen LogP contribution >= 0.6 is 0 Å². The Bertz CT molecular complexity index is 882. The van der Waals surface area contributed by atoms with E-state index in [0.717, 1.165) is 48.2 Å². The Morgan fingerprint density at radius 1 is 0.426 bits per heavy atom. The maximum absolute atomic E-state index is 6.48. The fourth-order valence-corrected chi connectivity index (χ4v) is 5.24. The van der Waals surface area contributed by atoms with Crippen LogP contribution < -0.4 is 10.5 Å². The summed E-state index contributed by atoms with van der Waals surface area (Å²) >= 11 is 0. The third kappa shape index (κ3) is 17.7. The second-order valence-electron chi connectivity index (χ2n) is 12.8. The van der Waals surface area contributed by atoms with Crippen molar-refractivity contribution in [3.05, 3.63) is 59.7 Å². The molecule has 2 rings (SSSR count). The average Bonchev–Trinajstić information content (AvgIpc) is 3.08. The van der Waals surface area contributed by atoms with Crippen molar-refractivity contribution >= 4 is 11.4 Å². The third-order valence-corrected chi connectivity index (χ3v) is 8.05. The van der Waals surface area contributed by atoms with Gasteiger partial charge in [-0.3, -0.25) is 0 Å². The van der Waals surface area contributed by atoms with Crippen LogP contribution in [0.4, 0.5) is 11.4 Å². The molecule has 0 atom stereocenters. The molecule has 0 spiro atoms. The van der Waals surface area contributed by atoms with Crippen molar-refractivity contribution in [2.45, 2.75) is 156 Å². The molecule has 7 heteroatoms. The van der Waals surface area contributed by atoms with Gasteiger partial charge in [-0.05, 0) is 74.9 Å². The topological polar surface area (TPSA) is 52.6 Å². The zero-order chi connectivity index (χ0) is 34.0. The molecule has 0 aromatic heterocycles. The van der Waals surface area contributed by atoms with Crippen LogP contribution in [0.3, 0.4) is 0 Å². The van der Waals surface area contributed by atoms with Crippen molar-refractivity contribution in [3.63, 3.8) is 0 Å². The first-order valence-electron chi connectivity index (χ1n) is 19.0. The fourth-order valence-electron chi connectivity index (χ4n) is 5.24. The van der Waals surface area contributed by atoms with Crippen LogP contribution in [0.15, 0.2) is 48.5 Å². The minimum atomic E-state index is -0.213. The van der Waals surface area contributed by atoms with E-state index in [1.807, 2.05) is 0 Å². The van der Waals surface area contributed by atoms with E-state index in [2.05, 4.69) is 90.1 Å². The second-order valence-corrected chi connectivity index (χ2v) is 12.8. The van der Waals surface area contributed by atoms with Gasteiger partial charge in [-0.2, -0.15) is 0 Å². The van der Waals surface area contributed by atoms with Crippen LogP contribution in [0.1, 0.15) is 162 Å². The van der Waals surface area contributed by atoms with E-state index in [-0.39, 0.29) is 12.2 Å². The quantitative estimate of drug-likeness (QED) is 0.0612. The van der Waals surface area contributed by atoms with E-state index >= 15 is 0 Å². The van der Waals surface area contributed by atoms with Gasteiger partial charge in [0.1, 0.15) is 6.10 Å². The van der Waals surface area contributed by atoms with Crippen molar-refractivity contribution in [1.82, 2.24) is 0 Å². The van der Waals surface area contributed by atoms with E-state index in [1.165, 1.54) is 77.0 Å². The standard InChI is InChI=1S/C40H68N2O5/c1-7-11-15-19-31-43-41(44-32-20-16-12-8-2)38-27-23-36(24-28-38)40(47-35(5)6)37-25-29-39(30-26-37)42(45-33-21-17-13-9-3)46-34-22-18-14-10-4/h23-30,35,40H,7-22,31-34H2,1-6H3. The Balaban J connectivity index is 2.16. The van der Waals surface area contributed by atoms with Crippen LogP contribution in [-0.2, 0) is 24.1 Å². The number of nitrogens with zero attached hydrogens (tertiary/aromatic N) is 2. The lowest BCUT2D eigenvalue weighted by Gasteiger charge is -2.26. The van der Waals surface area contributed by atoms with E-state index in [4.69, 9.17) is 24.1 Å². The highest BCUT2D eigenvalue weighted by atomic mass is 17.0. The molecule has 0 bridgehead atoms. The molecule has 0 radical (unpaired) electrons. The SMILES string of the molecule is CCCCCCON(OCCCCCC)c1ccc(C(OC(C)C)c2ccc(N(OCCCCCC)OCCCCCC)cc2)cc1. The van der Waals surface area contributed by atoms with Crippen molar-refractivity contribution in [2.24, 2.45) is 0 Å². The van der Waals surface area contributed by atoms with Gasteiger partial charge in [0.15, 0.2) is 0 Å². The molecule has 268 valence electrons. The zero-order valence-electron chi connectivity index (χ0n) is 30.9. The Morgan fingerprint density at radius 3 is 0.979 bits per heavy atom. The predicted octanol–water partition coefficient (Wildman–Crippen LogP) is 11.9. The zero-order valence-corrected chi connectivity index (χ0v) is 30.9. The summed E-state index contributed by atoms with van der Waals surface area (Å²) in [4.78, 5) is 24.4. The van der Waals surface area contributed by atoms with Crippen molar-refractivity contribution < 1.29 is 24.1 Å². The molecule has 0 aliphatic rings. The summed E-state index contributed by atoms with van der Waals surface area (Å²) in [5, 5.41) is 3.24. The Hall–Kier alpha value is -2.16. The lowest BCUT2D eigenvalue weighted by molar-refractivity contribution is -0.0916. The molecule has 0 fully saturated rings. The molecule has 0 heterocycles. The van der Waals surface area contributed by atoms with E-state index in [0.29, 0.717) is 26.4 Å². The second kappa shape index (κ2) is 26.8. The first-order valence-corrected chi connectivity index (χ1v) is 19.0. The van der Waals surface area contributed by atoms with Crippen LogP contribution in [-0.4, -0.2) is 32.5 Å². The Labute approximate surface area is 288 Å². The van der Waals surface area contributed by atoms with Gasteiger partial charge < -0.3 is 4.74 Å². The molecule has 7 nitrogen and oxygen atoms in total. The van der Waals surface area contributed by atoms with Crippen LogP contribution in [0.5, 0.6) is 0 Å². The fraction of sp³-hybridized carbons (Fsp3) is 0.700. The number of hydrogen-bond donors (Lipinski definition) is 0. The molecule has 0 aliphatic heterocycles. The van der Waals surface area contributed by atoms with Crippen molar-refractivity contribution in [1.29, 1.82) is 0 Å². The molecular formula is C40H68N2O5. The summed E-state index contributed by atoms with van der Waals surface area (Å²) in [5.41, 5.74) is 3.94. The number of benzene rings is 2. The van der Waals surface area contributed by atoms with Gasteiger partial charge in [0.2, 0.25) is 0 Å². The summed E-state index contributed by atoms with van der Waals surface area (Å²) < 4.78 is 6.48. The van der Waals surface area contributed by atoms with Gasteiger partial charge in [0.25, 0.3) is 0 Å². The monoisotopic (exact) mass is 657 g/mol. The molecule has 0 saturated heterocycles. The number of anilines is 2. The number of hydrogen-bond acceptors (Lipinski definition) is 7. The smallest absolute Gasteiger partial charge is 0.108 e. The predicted molar refractivity (Wildman–Crippen MR) is 196 cm³/mol. The van der Waals surface area contributed by atoms with Gasteiger partial charge >= 0.3 is 0 Å². The van der Waals surface area contributed by atoms with Crippen LogP contribution in [0.2, 0.25) is 0 Å². The molecule has 2 aromatic rings. The van der Waals surface area contributed by atoms with E-state index in [1.54, 1.807) is 10.5 Å². The molecule has 0 N–H and O–H groups in total. The highest BCUT2D eigenvalue weighted by Crippen LogP contribution is 2.31. The van der Waals surface area contributed by atoms with Gasteiger partial charge in [0.05, 0.1) is 43.9 Å². The summed E-state index contributed by atoms with van der Waals surface area (Å²) in [7, 11) is 0. The largest absolute Gasteiger partial charge is 0.366 e. The molecule has 2 aromatic carbocycles. The first-order chi connectivity index (χ1) is 23.0. The maximum atomic E-state index is 6.48. The molecule has 0 amide bonds. The van der Waals surface area contributed by atoms with Gasteiger partial charge in [-0.15, -0.1) is 10.5 Å². The minimum absolute atomic E-state index is 0.0585. The number of ether oxygens (including phenoxy) is 1. The molecule has 0 saturated carbocycles. The van der Waals surface area contributed by atoms with E-state index < -0.39 is 0 Å².